The van der Waals surface area contributed by atoms with Gasteiger partial charge in [0.1, 0.15) is 0 Å². The molecule has 0 aliphatic heterocycles. The van der Waals surface area contributed by atoms with Crippen LogP contribution < -0.4 is 16.4 Å². The average Bonchev–Trinajstić information content (AvgIpc) is 2.05. The number of nitrogens with two attached hydrogens (primary N) is 1. The molecule has 15 heavy (non-hydrogen) atoms. The van der Waals surface area contributed by atoms with Crippen LogP contribution in [0.2, 0.25) is 0 Å². The fourth-order valence-electron chi connectivity index (χ4n) is 1.10. The minimum Gasteiger partial charge on any atom is -0.397 e. The molecule has 0 spiro atoms. The Morgan fingerprint density at radius 2 is 1.87 bits per heavy atom. The van der Waals surface area contributed by atoms with Crippen molar-refractivity contribution in [3.63, 3.8) is 0 Å². The molecule has 1 aromatic rings. The highest BCUT2D eigenvalue weighted by molar-refractivity contribution is 7.80. The molecule has 4 N–H and O–H groups in total. The van der Waals surface area contributed by atoms with Crippen LogP contribution in [0, 0.1) is 0 Å². The molecule has 0 heterocycles. The predicted octanol–water partition coefficient (Wildman–Crippen LogP) is 2.35. The van der Waals surface area contributed by atoms with Crippen LogP contribution in [0.25, 0.3) is 0 Å². The minimum absolute atomic E-state index is 0.0480. The van der Waals surface area contributed by atoms with Gasteiger partial charge in [-0.05, 0) is 45.1 Å². The molecule has 1 aromatic carbocycles. The van der Waals surface area contributed by atoms with E-state index < -0.39 is 0 Å². The Balaban J connectivity index is 2.64. The van der Waals surface area contributed by atoms with Gasteiger partial charge in [-0.1, -0.05) is 12.1 Å². The summed E-state index contributed by atoms with van der Waals surface area (Å²) in [5.41, 5.74) is 7.26. The second-order valence-electron chi connectivity index (χ2n) is 4.42. The Bertz CT molecular complexity index is 355. The topological polar surface area (TPSA) is 50.1 Å². The summed E-state index contributed by atoms with van der Waals surface area (Å²) in [5, 5.41) is 6.81. The zero-order valence-electron chi connectivity index (χ0n) is 9.29. The van der Waals surface area contributed by atoms with Gasteiger partial charge in [0, 0.05) is 5.54 Å². The van der Waals surface area contributed by atoms with E-state index in [0.29, 0.717) is 10.8 Å². The van der Waals surface area contributed by atoms with Crippen LogP contribution >= 0.6 is 12.2 Å². The van der Waals surface area contributed by atoms with Crippen LogP contribution in [-0.4, -0.2) is 10.7 Å². The third-order valence-electron chi connectivity index (χ3n) is 1.70. The molecule has 82 valence electrons. The molecular formula is C11H17N3S. The largest absolute Gasteiger partial charge is 0.397 e. The van der Waals surface area contributed by atoms with E-state index in [1.54, 1.807) is 0 Å². The fraction of sp³-hybridized carbons (Fsp3) is 0.364. The molecule has 0 bridgehead atoms. The molecule has 0 atom stereocenters. The summed E-state index contributed by atoms with van der Waals surface area (Å²) in [7, 11) is 0. The molecule has 0 radical (unpaired) electrons. The molecular weight excluding hydrogens is 206 g/mol. The van der Waals surface area contributed by atoms with Crippen molar-refractivity contribution in [2.75, 3.05) is 11.1 Å². The van der Waals surface area contributed by atoms with E-state index in [2.05, 4.69) is 31.4 Å². The molecule has 0 aromatic heterocycles. The lowest BCUT2D eigenvalue weighted by Gasteiger charge is -2.23. The maximum atomic E-state index is 5.78. The monoisotopic (exact) mass is 223 g/mol. The SMILES string of the molecule is CC(C)(C)NC(=S)Nc1ccccc1N. The van der Waals surface area contributed by atoms with E-state index in [9.17, 15) is 0 Å². The Morgan fingerprint density at radius 3 is 2.40 bits per heavy atom. The molecule has 1 rings (SSSR count). The summed E-state index contributed by atoms with van der Waals surface area (Å²) in [5.74, 6) is 0. The molecule has 4 heteroatoms. The molecule has 0 aliphatic rings. The maximum Gasteiger partial charge on any atom is 0.171 e. The zero-order chi connectivity index (χ0) is 11.5. The number of anilines is 2. The second kappa shape index (κ2) is 4.49. The first-order chi connectivity index (χ1) is 6.88. The van der Waals surface area contributed by atoms with Crippen LogP contribution in [0.4, 0.5) is 11.4 Å². The molecule has 0 fully saturated rings. The molecule has 0 saturated carbocycles. The summed E-state index contributed by atoms with van der Waals surface area (Å²) in [4.78, 5) is 0. The molecule has 0 saturated heterocycles. The second-order valence-corrected chi connectivity index (χ2v) is 4.82. The Kier molecular flexibility index (Phi) is 3.52. The van der Waals surface area contributed by atoms with Crippen molar-refractivity contribution >= 4 is 28.7 Å². The number of para-hydroxylation sites is 2. The van der Waals surface area contributed by atoms with Crippen molar-refractivity contribution in [2.45, 2.75) is 26.3 Å². The van der Waals surface area contributed by atoms with Gasteiger partial charge in [0.25, 0.3) is 0 Å². The summed E-state index contributed by atoms with van der Waals surface area (Å²) >= 11 is 5.17. The predicted molar refractivity (Wildman–Crippen MR) is 70.0 cm³/mol. The number of nitrogens with one attached hydrogen (secondary N) is 2. The van der Waals surface area contributed by atoms with Gasteiger partial charge in [-0.25, -0.2) is 0 Å². The number of hydrogen-bond donors (Lipinski definition) is 3. The van der Waals surface area contributed by atoms with Crippen molar-refractivity contribution in [1.82, 2.24) is 5.32 Å². The van der Waals surface area contributed by atoms with E-state index in [0.717, 1.165) is 5.69 Å². The smallest absolute Gasteiger partial charge is 0.171 e. The van der Waals surface area contributed by atoms with Crippen LogP contribution in [0.1, 0.15) is 20.8 Å². The lowest BCUT2D eigenvalue weighted by atomic mass is 10.1. The van der Waals surface area contributed by atoms with E-state index in [4.69, 9.17) is 18.0 Å². The van der Waals surface area contributed by atoms with Gasteiger partial charge in [0.15, 0.2) is 5.11 Å². The third-order valence-corrected chi connectivity index (χ3v) is 1.90. The fourth-order valence-corrected chi connectivity index (χ4v) is 1.52. The van der Waals surface area contributed by atoms with E-state index in [-0.39, 0.29) is 5.54 Å². The average molecular weight is 223 g/mol. The van der Waals surface area contributed by atoms with Crippen molar-refractivity contribution in [1.29, 1.82) is 0 Å². The lowest BCUT2D eigenvalue weighted by molar-refractivity contribution is 0.515. The normalized spacial score (nSPS) is 10.9. The van der Waals surface area contributed by atoms with Gasteiger partial charge in [-0.15, -0.1) is 0 Å². The van der Waals surface area contributed by atoms with E-state index in [1.165, 1.54) is 0 Å². The Labute approximate surface area is 96.1 Å². The third kappa shape index (κ3) is 4.16. The van der Waals surface area contributed by atoms with Crippen LogP contribution in [-0.2, 0) is 0 Å². The minimum atomic E-state index is -0.0480. The quantitative estimate of drug-likeness (QED) is 0.505. The summed E-state index contributed by atoms with van der Waals surface area (Å²) < 4.78 is 0. The highest BCUT2D eigenvalue weighted by Gasteiger charge is 2.11. The number of benzene rings is 1. The summed E-state index contributed by atoms with van der Waals surface area (Å²) in [6.45, 7) is 6.15. The molecule has 0 aliphatic carbocycles. The van der Waals surface area contributed by atoms with Crippen molar-refractivity contribution in [3.8, 4) is 0 Å². The standard InChI is InChI=1S/C11H17N3S/c1-11(2,3)14-10(15)13-9-7-5-4-6-8(9)12/h4-7H,12H2,1-3H3,(H2,13,14,15). The van der Waals surface area contributed by atoms with Crippen LogP contribution in [0.3, 0.4) is 0 Å². The van der Waals surface area contributed by atoms with Gasteiger partial charge < -0.3 is 16.4 Å². The van der Waals surface area contributed by atoms with Gasteiger partial charge in [0.05, 0.1) is 11.4 Å². The van der Waals surface area contributed by atoms with Crippen LogP contribution in [0.15, 0.2) is 24.3 Å². The van der Waals surface area contributed by atoms with Gasteiger partial charge in [-0.3, -0.25) is 0 Å². The van der Waals surface area contributed by atoms with Crippen LogP contribution in [0.5, 0.6) is 0 Å². The zero-order valence-corrected chi connectivity index (χ0v) is 10.1. The molecule has 0 unspecified atom stereocenters. The highest BCUT2D eigenvalue weighted by Crippen LogP contribution is 2.16. The first kappa shape index (κ1) is 11.8. The van der Waals surface area contributed by atoms with Gasteiger partial charge >= 0.3 is 0 Å². The summed E-state index contributed by atoms with van der Waals surface area (Å²) in [6, 6.07) is 7.53. The number of rotatable bonds is 1. The lowest BCUT2D eigenvalue weighted by Crippen LogP contribution is -2.43. The number of nitrogen functional groups attached to an aromatic ring is 1. The van der Waals surface area contributed by atoms with Gasteiger partial charge in [0.2, 0.25) is 0 Å². The summed E-state index contributed by atoms with van der Waals surface area (Å²) in [6.07, 6.45) is 0. The number of thiocarbonyl (C=S) groups is 1. The Hall–Kier alpha value is -1.29. The van der Waals surface area contributed by atoms with E-state index >= 15 is 0 Å². The number of hydrogen-bond acceptors (Lipinski definition) is 2. The molecule has 0 amide bonds. The highest BCUT2D eigenvalue weighted by atomic mass is 32.1. The first-order valence-electron chi connectivity index (χ1n) is 4.82. The first-order valence-corrected chi connectivity index (χ1v) is 5.23. The van der Waals surface area contributed by atoms with Crippen molar-refractivity contribution < 1.29 is 0 Å². The van der Waals surface area contributed by atoms with Crippen molar-refractivity contribution in [3.05, 3.63) is 24.3 Å². The van der Waals surface area contributed by atoms with Crippen molar-refractivity contribution in [2.24, 2.45) is 0 Å². The molecule has 3 nitrogen and oxygen atoms in total. The van der Waals surface area contributed by atoms with E-state index in [1.807, 2.05) is 24.3 Å². The van der Waals surface area contributed by atoms with Gasteiger partial charge in [-0.2, -0.15) is 0 Å². The maximum absolute atomic E-state index is 5.78. The Morgan fingerprint density at radius 1 is 1.27 bits per heavy atom.